The van der Waals surface area contributed by atoms with Crippen molar-refractivity contribution in [3.8, 4) is 11.5 Å². The molecule has 9 nitrogen and oxygen atoms in total. The zero-order chi connectivity index (χ0) is 33.8. The van der Waals surface area contributed by atoms with E-state index in [1.807, 2.05) is 36.4 Å². The van der Waals surface area contributed by atoms with Crippen LogP contribution in [0.3, 0.4) is 0 Å². The normalized spacial score (nSPS) is 25.6. The number of rotatable bonds is 3. The molecular weight excluding hydrogens is 650 g/mol. The monoisotopic (exact) mass is 693 g/mol. The third-order valence-corrected chi connectivity index (χ3v) is 11.7. The number of hydrogen-bond donors (Lipinski definition) is 2. The van der Waals surface area contributed by atoms with Crippen molar-refractivity contribution in [2.45, 2.75) is 70.7 Å². The SMILES string of the molecule is COc1ccc(CN2[C@@H](C)C/C=C/C(O)[C@@H]3CC[C@H]3CN3CCCCc4cc(Cl)ccc4COc4ccc(cc43)C(=O)NS2(=O)=O)cc1. The van der Waals surface area contributed by atoms with Crippen LogP contribution in [-0.4, -0.2) is 56.1 Å². The molecule has 2 aliphatic heterocycles. The molecule has 1 saturated carbocycles. The summed E-state index contributed by atoms with van der Waals surface area (Å²) < 4.78 is 43.2. The van der Waals surface area contributed by atoms with E-state index in [0.717, 1.165) is 61.0 Å². The Labute approximate surface area is 288 Å². The van der Waals surface area contributed by atoms with Gasteiger partial charge in [0.05, 0.1) is 18.9 Å². The lowest BCUT2D eigenvalue weighted by atomic mass is 9.70. The Bertz CT molecular complexity index is 1750. The summed E-state index contributed by atoms with van der Waals surface area (Å²) in [6.45, 7) is 3.60. The lowest BCUT2D eigenvalue weighted by Crippen LogP contribution is -2.47. The van der Waals surface area contributed by atoms with Gasteiger partial charge in [-0.3, -0.25) is 4.79 Å². The molecule has 0 saturated heterocycles. The van der Waals surface area contributed by atoms with Crippen LogP contribution in [0.1, 0.15) is 66.1 Å². The zero-order valence-corrected chi connectivity index (χ0v) is 29.1. The maximum atomic E-state index is 13.9. The standard InChI is InChI=1S/C37H44ClN3O6S/c1-25-6-5-8-35(42)33-17-12-29(33)23-40-19-4-3-7-27-20-31(38)14-11-30(27)24-47-36-18-13-28(21-34(36)40)37(43)39-48(44,45)41(25)22-26-9-15-32(46-2)16-10-26/h5,8-11,13-16,18,20-21,25,29,33,35,42H,3-4,6-7,12,17,19,22-24H2,1-2H3,(H,39,43)/b8-5+/t25-,29-,33+,35?/m0/s1. The number of anilines is 1. The van der Waals surface area contributed by atoms with Gasteiger partial charge in [0.1, 0.15) is 18.1 Å². The van der Waals surface area contributed by atoms with Crippen molar-refractivity contribution < 1.29 is 27.8 Å². The Balaban J connectivity index is 1.37. The summed E-state index contributed by atoms with van der Waals surface area (Å²) in [4.78, 5) is 16.0. The molecule has 2 bridgehead atoms. The van der Waals surface area contributed by atoms with Gasteiger partial charge in [-0.2, -0.15) is 12.7 Å². The minimum Gasteiger partial charge on any atom is -0.497 e. The maximum absolute atomic E-state index is 13.9. The summed E-state index contributed by atoms with van der Waals surface area (Å²) in [6, 6.07) is 17.7. The quantitative estimate of drug-likeness (QED) is 0.311. The highest BCUT2D eigenvalue weighted by Gasteiger charge is 2.37. The molecule has 3 aromatic carbocycles. The molecule has 2 N–H and O–H groups in total. The average Bonchev–Trinajstić information content (AvgIpc) is 3.08. The highest BCUT2D eigenvalue weighted by atomic mass is 35.5. The Morgan fingerprint density at radius 3 is 2.60 bits per heavy atom. The number of fused-ring (bicyclic) bond motifs is 3. The molecule has 11 heteroatoms. The number of halogens is 1. The fourth-order valence-corrected chi connectivity index (χ4v) is 8.48. The van der Waals surface area contributed by atoms with Crippen LogP contribution in [0.25, 0.3) is 0 Å². The topological polar surface area (TPSA) is 108 Å². The summed E-state index contributed by atoms with van der Waals surface area (Å²) in [6.07, 6.45) is 8.02. The number of benzene rings is 3. The van der Waals surface area contributed by atoms with Crippen molar-refractivity contribution in [3.05, 3.63) is 100 Å². The molecule has 1 aliphatic carbocycles. The lowest BCUT2D eigenvalue weighted by molar-refractivity contribution is 0.0461. The van der Waals surface area contributed by atoms with Gasteiger partial charge in [-0.05, 0) is 116 Å². The van der Waals surface area contributed by atoms with Crippen molar-refractivity contribution in [3.63, 3.8) is 0 Å². The van der Waals surface area contributed by atoms with E-state index in [4.69, 9.17) is 21.1 Å². The van der Waals surface area contributed by atoms with Crippen LogP contribution in [0.15, 0.2) is 72.8 Å². The second-order valence-corrected chi connectivity index (χ2v) is 15.2. The Morgan fingerprint density at radius 1 is 1.04 bits per heavy atom. The van der Waals surface area contributed by atoms with Gasteiger partial charge in [-0.15, -0.1) is 0 Å². The summed E-state index contributed by atoms with van der Waals surface area (Å²) >= 11 is 6.33. The van der Waals surface area contributed by atoms with Gasteiger partial charge in [-0.1, -0.05) is 42.0 Å². The van der Waals surface area contributed by atoms with Crippen LogP contribution >= 0.6 is 11.6 Å². The van der Waals surface area contributed by atoms with E-state index in [9.17, 15) is 18.3 Å². The lowest BCUT2D eigenvalue weighted by Gasteiger charge is -2.42. The summed E-state index contributed by atoms with van der Waals surface area (Å²) in [5, 5.41) is 11.9. The minimum atomic E-state index is -4.28. The largest absolute Gasteiger partial charge is 0.497 e. The molecule has 0 radical (unpaired) electrons. The molecule has 0 aromatic heterocycles. The molecule has 6 rings (SSSR count). The summed E-state index contributed by atoms with van der Waals surface area (Å²) in [5.74, 6) is 0.912. The van der Waals surface area contributed by atoms with Gasteiger partial charge in [0.25, 0.3) is 5.91 Å². The van der Waals surface area contributed by atoms with Gasteiger partial charge in [-0.25, -0.2) is 4.72 Å². The predicted molar refractivity (Wildman–Crippen MR) is 188 cm³/mol. The number of carbonyl (C=O) groups excluding carboxylic acids is 1. The van der Waals surface area contributed by atoms with Crippen LogP contribution < -0.4 is 19.1 Å². The molecular formula is C37H44ClN3O6S. The number of hydrogen-bond acceptors (Lipinski definition) is 7. The number of aliphatic hydroxyl groups is 1. The first-order valence-electron chi connectivity index (χ1n) is 16.7. The smallest absolute Gasteiger partial charge is 0.304 e. The van der Waals surface area contributed by atoms with Crippen molar-refractivity contribution in [1.29, 1.82) is 0 Å². The van der Waals surface area contributed by atoms with Crippen molar-refractivity contribution in [2.75, 3.05) is 25.1 Å². The number of nitrogens with one attached hydrogen (secondary N) is 1. The van der Waals surface area contributed by atoms with Crippen molar-refractivity contribution in [1.82, 2.24) is 9.03 Å². The van der Waals surface area contributed by atoms with E-state index >= 15 is 0 Å². The van der Waals surface area contributed by atoms with E-state index in [0.29, 0.717) is 36.1 Å². The van der Waals surface area contributed by atoms with Crippen LogP contribution in [0.5, 0.6) is 11.5 Å². The molecule has 0 spiro atoms. The van der Waals surface area contributed by atoms with E-state index < -0.39 is 28.3 Å². The predicted octanol–water partition coefficient (Wildman–Crippen LogP) is 6.28. The first-order chi connectivity index (χ1) is 23.1. The number of ether oxygens (including phenoxy) is 2. The number of nitrogens with zero attached hydrogens (tertiary/aromatic N) is 2. The Kier molecular flexibility index (Phi) is 10.6. The third kappa shape index (κ3) is 7.83. The van der Waals surface area contributed by atoms with Crippen molar-refractivity contribution in [2.24, 2.45) is 11.8 Å². The highest BCUT2D eigenvalue weighted by Crippen LogP contribution is 2.41. The first kappa shape index (κ1) is 34.3. The Morgan fingerprint density at radius 2 is 1.85 bits per heavy atom. The summed E-state index contributed by atoms with van der Waals surface area (Å²) in [7, 11) is -2.71. The molecule has 2 heterocycles. The summed E-state index contributed by atoms with van der Waals surface area (Å²) in [5.41, 5.74) is 3.93. The number of aliphatic hydroxyl groups excluding tert-OH is 1. The van der Waals surface area contributed by atoms with Crippen LogP contribution in [0.4, 0.5) is 5.69 Å². The highest BCUT2D eigenvalue weighted by molar-refractivity contribution is 7.87. The van der Waals surface area contributed by atoms with E-state index in [-0.39, 0.29) is 23.9 Å². The second-order valence-electron chi connectivity index (χ2n) is 13.1. The Hall–Kier alpha value is -3.57. The number of carbonyl (C=O) groups is 1. The van der Waals surface area contributed by atoms with Gasteiger partial charge >= 0.3 is 10.2 Å². The molecule has 1 unspecified atom stereocenters. The third-order valence-electron chi connectivity index (χ3n) is 9.94. The van der Waals surface area contributed by atoms with Crippen LogP contribution in [0.2, 0.25) is 5.02 Å². The molecule has 1 amide bonds. The zero-order valence-electron chi connectivity index (χ0n) is 27.5. The van der Waals surface area contributed by atoms with E-state index in [2.05, 4.69) is 9.62 Å². The van der Waals surface area contributed by atoms with Crippen LogP contribution in [0, 0.1) is 11.8 Å². The molecule has 4 atom stereocenters. The van der Waals surface area contributed by atoms with E-state index in [1.54, 1.807) is 50.4 Å². The average molecular weight is 694 g/mol. The van der Waals surface area contributed by atoms with Gasteiger partial charge < -0.3 is 19.5 Å². The van der Waals surface area contributed by atoms with Gasteiger partial charge in [0.2, 0.25) is 0 Å². The van der Waals surface area contributed by atoms with E-state index in [1.165, 1.54) is 4.31 Å². The second kappa shape index (κ2) is 14.9. The maximum Gasteiger partial charge on any atom is 0.304 e. The molecule has 1 fully saturated rings. The molecule has 3 aliphatic rings. The fourth-order valence-electron chi connectivity index (χ4n) is 6.93. The van der Waals surface area contributed by atoms with Crippen molar-refractivity contribution >= 4 is 33.4 Å². The number of aryl methyl sites for hydroxylation is 1. The number of amides is 1. The molecule has 48 heavy (non-hydrogen) atoms. The minimum absolute atomic E-state index is 0.0490. The fraction of sp³-hybridized carbons (Fsp3) is 0.432. The van der Waals surface area contributed by atoms with Gasteiger partial charge in [0, 0.05) is 36.3 Å². The van der Waals surface area contributed by atoms with Gasteiger partial charge in [0.15, 0.2) is 0 Å². The molecule has 256 valence electrons. The van der Waals surface area contributed by atoms with Crippen LogP contribution in [-0.2, 0) is 29.8 Å². The molecule has 3 aromatic rings. The number of methoxy groups -OCH3 is 1. The first-order valence-corrected chi connectivity index (χ1v) is 18.5.